The van der Waals surface area contributed by atoms with E-state index in [1.54, 1.807) is 0 Å². The van der Waals surface area contributed by atoms with E-state index in [2.05, 4.69) is 4.74 Å². The van der Waals surface area contributed by atoms with Crippen molar-refractivity contribution in [3.63, 3.8) is 0 Å². The summed E-state index contributed by atoms with van der Waals surface area (Å²) in [5.74, 6) is -1.42. The summed E-state index contributed by atoms with van der Waals surface area (Å²) < 4.78 is 6.63. The maximum atomic E-state index is 10.7. The van der Waals surface area contributed by atoms with Crippen LogP contribution in [-0.4, -0.2) is 32.3 Å². The zero-order chi connectivity index (χ0) is 17.2. The molecule has 122 valence electrons. The highest BCUT2D eigenvalue weighted by Crippen LogP contribution is 2.11. The van der Waals surface area contributed by atoms with Crippen LogP contribution < -0.4 is 14.8 Å². The zero-order valence-corrected chi connectivity index (χ0v) is 13.3. The average molecular weight is 316 g/mol. The minimum Gasteiger partial charge on any atom is -0.872 e. The van der Waals surface area contributed by atoms with Gasteiger partial charge in [-0.1, -0.05) is 35.0 Å². The fraction of sp³-hybridized carbons (Fsp3) is 0.176. The molecule has 1 aromatic heterocycles. The third kappa shape index (κ3) is 6.52. The van der Waals surface area contributed by atoms with Gasteiger partial charge in [0.2, 0.25) is 5.76 Å². The molecule has 6 nitrogen and oxygen atoms in total. The number of nitrogens with zero attached hydrogens (tertiary/aromatic N) is 2. The quantitative estimate of drug-likeness (QED) is 0.517. The monoisotopic (exact) mass is 316 g/mol. The SMILES string of the molecule is CN(C)[n+]1ccccc1.CO/C(=C\c1ccc([O-])cc1)C(=O)O. The number of carboxylic acid groups (broad SMARTS) is 1. The van der Waals surface area contributed by atoms with Crippen LogP contribution in [0.4, 0.5) is 0 Å². The number of aromatic nitrogens is 1. The lowest BCUT2D eigenvalue weighted by atomic mass is 10.2. The van der Waals surface area contributed by atoms with E-state index in [0.29, 0.717) is 5.56 Å². The zero-order valence-electron chi connectivity index (χ0n) is 13.3. The van der Waals surface area contributed by atoms with Crippen molar-refractivity contribution in [2.75, 3.05) is 26.2 Å². The normalized spacial score (nSPS) is 10.3. The van der Waals surface area contributed by atoms with Crippen LogP contribution in [0.25, 0.3) is 6.08 Å². The van der Waals surface area contributed by atoms with E-state index in [4.69, 9.17) is 5.11 Å². The molecule has 0 spiro atoms. The van der Waals surface area contributed by atoms with Crippen molar-refractivity contribution in [1.82, 2.24) is 0 Å². The second-order valence-corrected chi connectivity index (χ2v) is 4.69. The standard InChI is InChI=1S/C10H10O4.C7H11N2/c1-14-9(10(12)13)6-7-2-4-8(11)5-3-7;1-8(2)9-6-4-3-5-7-9/h2-6,11H,1H3,(H,12,13);3-7H,1-2H3/q;+1/p-1/b9-6-;. The van der Waals surface area contributed by atoms with Crippen LogP contribution in [0.3, 0.4) is 0 Å². The molecule has 0 amide bonds. The summed E-state index contributed by atoms with van der Waals surface area (Å²) in [6, 6.07) is 11.8. The average Bonchev–Trinajstić information content (AvgIpc) is 2.55. The summed E-state index contributed by atoms with van der Waals surface area (Å²) in [4.78, 5) is 10.5. The lowest BCUT2D eigenvalue weighted by molar-refractivity contribution is -0.687. The molecule has 0 aliphatic heterocycles. The lowest BCUT2D eigenvalue weighted by Crippen LogP contribution is -2.51. The molecule has 0 atom stereocenters. The Morgan fingerprint density at radius 2 is 1.74 bits per heavy atom. The van der Waals surface area contributed by atoms with Gasteiger partial charge in [0.05, 0.1) is 21.2 Å². The van der Waals surface area contributed by atoms with E-state index < -0.39 is 5.97 Å². The van der Waals surface area contributed by atoms with Crippen LogP contribution in [0, 0.1) is 0 Å². The molecule has 1 N–H and O–H groups in total. The van der Waals surface area contributed by atoms with E-state index in [1.807, 2.05) is 54.4 Å². The summed E-state index contributed by atoms with van der Waals surface area (Å²) >= 11 is 0. The van der Waals surface area contributed by atoms with Crippen LogP contribution in [0.5, 0.6) is 5.75 Å². The second kappa shape index (κ2) is 9.09. The molecule has 0 aliphatic rings. The van der Waals surface area contributed by atoms with Gasteiger partial charge in [0.15, 0.2) is 12.4 Å². The number of aliphatic carboxylic acids is 1. The van der Waals surface area contributed by atoms with Gasteiger partial charge in [-0.05, 0) is 11.6 Å². The van der Waals surface area contributed by atoms with Gasteiger partial charge in [-0.15, -0.1) is 5.75 Å². The van der Waals surface area contributed by atoms with Crippen molar-refractivity contribution in [1.29, 1.82) is 0 Å². The summed E-state index contributed by atoms with van der Waals surface area (Å²) in [6.07, 6.45) is 5.35. The van der Waals surface area contributed by atoms with Gasteiger partial charge >= 0.3 is 5.97 Å². The molecular weight excluding hydrogens is 296 g/mol. The predicted octanol–water partition coefficient (Wildman–Crippen LogP) is 1.00. The van der Waals surface area contributed by atoms with Crippen molar-refractivity contribution >= 4 is 12.0 Å². The van der Waals surface area contributed by atoms with E-state index >= 15 is 0 Å². The Hall–Kier alpha value is -3.02. The Bertz CT molecular complexity index is 637. The number of hydrogen-bond acceptors (Lipinski definition) is 4. The molecule has 0 saturated carbocycles. The third-order valence-corrected chi connectivity index (χ3v) is 2.77. The Morgan fingerprint density at radius 3 is 2.13 bits per heavy atom. The Morgan fingerprint density at radius 1 is 1.17 bits per heavy atom. The second-order valence-electron chi connectivity index (χ2n) is 4.69. The molecule has 2 rings (SSSR count). The molecule has 0 fully saturated rings. The number of pyridine rings is 1. The van der Waals surface area contributed by atoms with Gasteiger partial charge in [-0.25, -0.2) is 4.79 Å². The van der Waals surface area contributed by atoms with Gasteiger partial charge in [0.25, 0.3) is 0 Å². The highest BCUT2D eigenvalue weighted by Gasteiger charge is 2.05. The molecule has 2 aromatic rings. The number of hydrogen-bond donors (Lipinski definition) is 1. The number of benzene rings is 1. The molecule has 0 saturated heterocycles. The molecule has 0 radical (unpaired) electrons. The summed E-state index contributed by atoms with van der Waals surface area (Å²) in [7, 11) is 5.28. The summed E-state index contributed by atoms with van der Waals surface area (Å²) in [5.41, 5.74) is 0.615. The molecule has 0 bridgehead atoms. The number of methoxy groups -OCH3 is 1. The van der Waals surface area contributed by atoms with Crippen molar-refractivity contribution in [3.8, 4) is 5.75 Å². The Kier molecular flexibility index (Phi) is 7.13. The summed E-state index contributed by atoms with van der Waals surface area (Å²) in [6.45, 7) is 0. The number of rotatable bonds is 4. The molecular formula is C17H20N2O4. The smallest absolute Gasteiger partial charge is 0.371 e. The molecule has 23 heavy (non-hydrogen) atoms. The first-order valence-electron chi connectivity index (χ1n) is 6.84. The number of ether oxygens (including phenoxy) is 1. The van der Waals surface area contributed by atoms with Crippen LogP contribution >= 0.6 is 0 Å². The molecule has 1 heterocycles. The van der Waals surface area contributed by atoms with E-state index in [9.17, 15) is 9.90 Å². The first-order valence-corrected chi connectivity index (χ1v) is 6.84. The van der Waals surface area contributed by atoms with Crippen molar-refractivity contribution in [2.24, 2.45) is 0 Å². The topological polar surface area (TPSA) is 76.7 Å². The van der Waals surface area contributed by atoms with Gasteiger partial charge in [-0.3, -0.25) is 0 Å². The molecule has 0 aliphatic carbocycles. The molecule has 0 unspecified atom stereocenters. The molecule has 6 heteroatoms. The lowest BCUT2D eigenvalue weighted by Gasteiger charge is -2.04. The first kappa shape index (κ1) is 18.0. The third-order valence-electron chi connectivity index (χ3n) is 2.77. The van der Waals surface area contributed by atoms with E-state index in [1.165, 1.54) is 37.5 Å². The van der Waals surface area contributed by atoms with Crippen LogP contribution in [0.2, 0.25) is 0 Å². The van der Waals surface area contributed by atoms with Crippen molar-refractivity contribution in [3.05, 3.63) is 66.2 Å². The minimum absolute atomic E-state index is 0.114. The van der Waals surface area contributed by atoms with E-state index in [-0.39, 0.29) is 11.5 Å². The number of carboxylic acids is 1. The highest BCUT2D eigenvalue weighted by molar-refractivity contribution is 5.89. The van der Waals surface area contributed by atoms with Crippen molar-refractivity contribution in [2.45, 2.75) is 0 Å². The predicted molar refractivity (Wildman–Crippen MR) is 85.2 cm³/mol. The van der Waals surface area contributed by atoms with E-state index in [0.717, 1.165) is 0 Å². The van der Waals surface area contributed by atoms with Crippen LogP contribution in [0.15, 0.2) is 60.6 Å². The number of carbonyl (C=O) groups is 1. The van der Waals surface area contributed by atoms with Crippen molar-refractivity contribution < 1.29 is 24.4 Å². The Labute approximate surface area is 135 Å². The fourth-order valence-electron chi connectivity index (χ4n) is 1.58. The maximum absolute atomic E-state index is 10.7. The van der Waals surface area contributed by atoms with Crippen LogP contribution in [0.1, 0.15) is 5.56 Å². The summed E-state index contributed by atoms with van der Waals surface area (Å²) in [5, 5.41) is 21.4. The van der Waals surface area contributed by atoms with Gasteiger partial charge in [0, 0.05) is 12.1 Å². The van der Waals surface area contributed by atoms with Gasteiger partial charge < -0.3 is 14.9 Å². The minimum atomic E-state index is -1.14. The largest absolute Gasteiger partial charge is 0.872 e. The maximum Gasteiger partial charge on any atom is 0.371 e. The Balaban J connectivity index is 0.000000253. The van der Waals surface area contributed by atoms with Gasteiger partial charge in [0.1, 0.15) is 0 Å². The fourth-order valence-corrected chi connectivity index (χ4v) is 1.58. The molecule has 1 aromatic carbocycles. The van der Waals surface area contributed by atoms with Gasteiger partial charge in [-0.2, -0.15) is 5.01 Å². The highest BCUT2D eigenvalue weighted by atomic mass is 16.5. The van der Waals surface area contributed by atoms with Crippen LogP contribution in [-0.2, 0) is 9.53 Å². The first-order chi connectivity index (χ1) is 10.9.